The third kappa shape index (κ3) is 1.54. The molecule has 0 heterocycles. The van der Waals surface area contributed by atoms with Gasteiger partial charge in [-0.1, -0.05) is 22.8 Å². The van der Waals surface area contributed by atoms with E-state index in [0.29, 0.717) is 0 Å². The molecule has 1 aliphatic rings. The van der Waals surface area contributed by atoms with E-state index in [2.05, 4.69) is 11.2 Å². The molecule has 0 spiro atoms. The molecule has 0 amide bonds. The molecule has 1 aromatic carbocycles. The second-order valence-corrected chi connectivity index (χ2v) is 3.46. The molecule has 3 heteroatoms. The fourth-order valence-corrected chi connectivity index (χ4v) is 1.80. The zero-order valence-electron chi connectivity index (χ0n) is 7.38. The number of hydrogen-bond acceptors (Lipinski definition) is 2. The fraction of sp³-hybridized carbons (Fsp3) is 0.300. The molecule has 2 rings (SSSR count). The Morgan fingerprint density at radius 2 is 2.23 bits per heavy atom. The molecule has 0 unspecified atom stereocenters. The molecule has 68 valence electrons. The summed E-state index contributed by atoms with van der Waals surface area (Å²) in [6.07, 6.45) is 1.98. The molecule has 13 heavy (non-hydrogen) atoms. The molecule has 0 aliphatic heterocycles. The molecule has 1 aliphatic carbocycles. The molecule has 0 N–H and O–H groups in total. The van der Waals surface area contributed by atoms with Crippen molar-refractivity contribution in [1.29, 1.82) is 0 Å². The van der Waals surface area contributed by atoms with Crippen LogP contribution in [-0.4, -0.2) is 12.8 Å². The summed E-state index contributed by atoms with van der Waals surface area (Å²) in [5.41, 5.74) is 3.44. The predicted octanol–water partition coefficient (Wildman–Crippen LogP) is 2.64. The maximum atomic E-state index is 5.89. The summed E-state index contributed by atoms with van der Waals surface area (Å²) < 4.78 is 0. The van der Waals surface area contributed by atoms with Crippen LogP contribution < -0.4 is 0 Å². The van der Waals surface area contributed by atoms with Crippen LogP contribution in [0.3, 0.4) is 0 Å². The predicted molar refractivity (Wildman–Crippen MR) is 53.3 cm³/mol. The van der Waals surface area contributed by atoms with Gasteiger partial charge >= 0.3 is 0 Å². The Hall–Kier alpha value is -1.02. The van der Waals surface area contributed by atoms with Gasteiger partial charge in [0.25, 0.3) is 0 Å². The summed E-state index contributed by atoms with van der Waals surface area (Å²) in [6, 6.07) is 5.91. The number of benzene rings is 1. The fourth-order valence-electron chi connectivity index (χ4n) is 1.63. The number of aryl methyl sites for hydroxylation is 1. The molecule has 0 aromatic heterocycles. The Kier molecular flexibility index (Phi) is 2.23. The third-order valence-electron chi connectivity index (χ3n) is 2.22. The highest BCUT2D eigenvalue weighted by Gasteiger charge is 2.18. The van der Waals surface area contributed by atoms with Crippen molar-refractivity contribution in [3.05, 3.63) is 34.3 Å². The Balaban J connectivity index is 2.46. The van der Waals surface area contributed by atoms with Crippen LogP contribution in [0, 0.1) is 0 Å². The first-order valence-corrected chi connectivity index (χ1v) is 4.58. The molecule has 0 fully saturated rings. The maximum Gasteiger partial charge on any atom is 0.106 e. The highest BCUT2D eigenvalue weighted by Crippen LogP contribution is 2.25. The summed E-state index contributed by atoms with van der Waals surface area (Å²) in [4.78, 5) is 4.77. The smallest absolute Gasteiger partial charge is 0.106 e. The number of rotatable bonds is 1. The number of hydrogen-bond donors (Lipinski definition) is 0. The number of nitrogens with zero attached hydrogens (tertiary/aromatic N) is 1. The van der Waals surface area contributed by atoms with Gasteiger partial charge in [-0.05, 0) is 30.5 Å². The van der Waals surface area contributed by atoms with Crippen molar-refractivity contribution in [3.8, 4) is 0 Å². The molecule has 2 nitrogen and oxygen atoms in total. The van der Waals surface area contributed by atoms with Crippen molar-refractivity contribution < 1.29 is 4.84 Å². The van der Waals surface area contributed by atoms with Gasteiger partial charge in [-0.15, -0.1) is 0 Å². The van der Waals surface area contributed by atoms with Crippen molar-refractivity contribution in [2.45, 2.75) is 12.8 Å². The van der Waals surface area contributed by atoms with E-state index in [1.807, 2.05) is 12.1 Å². The normalized spacial score (nSPS) is 17.5. The monoisotopic (exact) mass is 195 g/mol. The Bertz CT molecular complexity index is 360. The van der Waals surface area contributed by atoms with Gasteiger partial charge in [0.15, 0.2) is 0 Å². The van der Waals surface area contributed by atoms with Crippen LogP contribution in [0.2, 0.25) is 5.02 Å². The van der Waals surface area contributed by atoms with Gasteiger partial charge in [-0.3, -0.25) is 0 Å². The second-order valence-electron chi connectivity index (χ2n) is 3.02. The zero-order chi connectivity index (χ0) is 9.26. The van der Waals surface area contributed by atoms with Crippen LogP contribution in [0.25, 0.3) is 0 Å². The largest absolute Gasteiger partial charge is 0.399 e. The lowest BCUT2D eigenvalue weighted by Gasteiger charge is -1.99. The summed E-state index contributed by atoms with van der Waals surface area (Å²) in [5.74, 6) is 0. The molecule has 0 atom stereocenters. The van der Waals surface area contributed by atoms with E-state index in [0.717, 1.165) is 29.1 Å². The first-order valence-electron chi connectivity index (χ1n) is 4.20. The zero-order valence-corrected chi connectivity index (χ0v) is 8.14. The van der Waals surface area contributed by atoms with E-state index in [9.17, 15) is 0 Å². The van der Waals surface area contributed by atoms with E-state index in [-0.39, 0.29) is 0 Å². The molecule has 0 radical (unpaired) electrons. The Morgan fingerprint density at radius 3 is 3.00 bits per heavy atom. The summed E-state index contributed by atoms with van der Waals surface area (Å²) >= 11 is 5.89. The van der Waals surface area contributed by atoms with E-state index in [1.165, 1.54) is 5.56 Å². The van der Waals surface area contributed by atoms with Gasteiger partial charge in [0.2, 0.25) is 0 Å². The number of fused-ring (bicyclic) bond motifs is 1. The van der Waals surface area contributed by atoms with Gasteiger partial charge in [0, 0.05) is 10.6 Å². The average Bonchev–Trinajstić information content (AvgIpc) is 2.49. The maximum absolute atomic E-state index is 5.89. The lowest BCUT2D eigenvalue weighted by Crippen LogP contribution is -1.94. The molecular formula is C10H10ClNO. The van der Waals surface area contributed by atoms with E-state index in [4.69, 9.17) is 16.4 Å². The van der Waals surface area contributed by atoms with Gasteiger partial charge < -0.3 is 4.84 Å². The van der Waals surface area contributed by atoms with E-state index < -0.39 is 0 Å². The van der Waals surface area contributed by atoms with Crippen molar-refractivity contribution in [3.63, 3.8) is 0 Å². The molecular weight excluding hydrogens is 186 g/mol. The van der Waals surface area contributed by atoms with Crippen molar-refractivity contribution in [2.24, 2.45) is 5.16 Å². The number of oxime groups is 1. The van der Waals surface area contributed by atoms with Crippen LogP contribution in [0.5, 0.6) is 0 Å². The van der Waals surface area contributed by atoms with Crippen molar-refractivity contribution in [1.82, 2.24) is 0 Å². The number of halogens is 1. The topological polar surface area (TPSA) is 21.6 Å². The highest BCUT2D eigenvalue weighted by atomic mass is 35.5. The van der Waals surface area contributed by atoms with Crippen LogP contribution in [-0.2, 0) is 11.3 Å². The molecule has 0 saturated heterocycles. The minimum atomic E-state index is 0.754. The minimum Gasteiger partial charge on any atom is -0.399 e. The standard InChI is InChI=1S/C10H10ClNO/c1-13-12-10-5-3-7-2-4-8(11)6-9(7)10/h2,4,6H,3,5H2,1H3/b12-10-. The van der Waals surface area contributed by atoms with E-state index >= 15 is 0 Å². The minimum absolute atomic E-state index is 0.754. The average molecular weight is 196 g/mol. The van der Waals surface area contributed by atoms with Crippen molar-refractivity contribution in [2.75, 3.05) is 7.11 Å². The third-order valence-corrected chi connectivity index (χ3v) is 2.45. The Morgan fingerprint density at radius 1 is 1.38 bits per heavy atom. The van der Waals surface area contributed by atoms with Gasteiger partial charge in [0.05, 0.1) is 5.71 Å². The lowest BCUT2D eigenvalue weighted by atomic mass is 10.1. The van der Waals surface area contributed by atoms with Crippen LogP contribution in [0.4, 0.5) is 0 Å². The first-order chi connectivity index (χ1) is 6.31. The second kappa shape index (κ2) is 3.38. The lowest BCUT2D eigenvalue weighted by molar-refractivity contribution is 0.213. The molecule has 0 bridgehead atoms. The highest BCUT2D eigenvalue weighted by molar-refractivity contribution is 6.31. The Labute approximate surface area is 82.2 Å². The van der Waals surface area contributed by atoms with Crippen LogP contribution in [0.1, 0.15) is 17.5 Å². The quantitative estimate of drug-likeness (QED) is 0.632. The first kappa shape index (κ1) is 8.57. The summed E-state index contributed by atoms with van der Waals surface area (Å²) in [5, 5.41) is 4.72. The van der Waals surface area contributed by atoms with Crippen molar-refractivity contribution >= 4 is 17.3 Å². The van der Waals surface area contributed by atoms with Gasteiger partial charge in [-0.2, -0.15) is 0 Å². The van der Waals surface area contributed by atoms with Crippen LogP contribution in [0.15, 0.2) is 23.4 Å². The van der Waals surface area contributed by atoms with Crippen LogP contribution >= 0.6 is 11.6 Å². The summed E-state index contributed by atoms with van der Waals surface area (Å²) in [6.45, 7) is 0. The van der Waals surface area contributed by atoms with E-state index in [1.54, 1.807) is 7.11 Å². The van der Waals surface area contributed by atoms with Gasteiger partial charge in [0.1, 0.15) is 7.11 Å². The molecule has 1 aromatic rings. The summed E-state index contributed by atoms with van der Waals surface area (Å²) in [7, 11) is 1.57. The van der Waals surface area contributed by atoms with Gasteiger partial charge in [-0.25, -0.2) is 0 Å². The SMILES string of the molecule is CO/N=C1/CCc2ccc(Cl)cc21. The molecule has 0 saturated carbocycles.